The Bertz CT molecular complexity index is 933. The van der Waals surface area contributed by atoms with E-state index in [1.54, 1.807) is 30.3 Å². The van der Waals surface area contributed by atoms with Crippen LogP contribution >= 0.6 is 11.6 Å². The molecule has 1 unspecified atom stereocenters. The van der Waals surface area contributed by atoms with E-state index < -0.39 is 6.04 Å². The topological polar surface area (TPSA) is 50.4 Å². The van der Waals surface area contributed by atoms with E-state index in [9.17, 15) is 9.18 Å². The summed E-state index contributed by atoms with van der Waals surface area (Å²) in [5.74, 6) is 0.0146. The number of rotatable bonds is 7. The van der Waals surface area contributed by atoms with Crippen LogP contribution in [0.2, 0.25) is 5.02 Å². The van der Waals surface area contributed by atoms with E-state index in [2.05, 4.69) is 10.6 Å². The smallest absolute Gasteiger partial charge is 0.246 e. The predicted octanol–water partition coefficient (Wildman–Crippen LogP) is 4.96. The second-order valence-electron chi connectivity index (χ2n) is 6.19. The number of benzene rings is 3. The van der Waals surface area contributed by atoms with Crippen molar-refractivity contribution in [3.05, 3.63) is 94.8 Å². The fraction of sp³-hybridized carbons (Fsp3) is 0.136. The Hall–Kier alpha value is -2.89. The van der Waals surface area contributed by atoms with Crippen LogP contribution in [0.15, 0.2) is 72.8 Å². The minimum atomic E-state index is -0.591. The second-order valence-corrected chi connectivity index (χ2v) is 6.60. The van der Waals surface area contributed by atoms with Crippen LogP contribution in [0.25, 0.3) is 0 Å². The molecule has 3 aromatic rings. The standard InChI is InChI=1S/C22H20ClFN2O2/c1-28-20-12-11-18(13-19(20)23)26-22(27)21(16-5-3-2-4-6-16)25-14-15-7-9-17(24)10-8-15/h2-13,21,25H,14H2,1H3,(H,26,27). The molecule has 1 amide bonds. The van der Waals surface area contributed by atoms with Crippen molar-refractivity contribution in [1.82, 2.24) is 5.32 Å². The zero-order chi connectivity index (χ0) is 19.9. The van der Waals surface area contributed by atoms with Crippen molar-refractivity contribution in [2.45, 2.75) is 12.6 Å². The van der Waals surface area contributed by atoms with Gasteiger partial charge in [-0.05, 0) is 41.5 Å². The normalized spacial score (nSPS) is 11.7. The number of hydrogen-bond donors (Lipinski definition) is 2. The lowest BCUT2D eigenvalue weighted by atomic mass is 10.1. The average Bonchev–Trinajstić information content (AvgIpc) is 2.70. The van der Waals surface area contributed by atoms with Gasteiger partial charge in [0.05, 0.1) is 12.1 Å². The molecule has 0 aromatic heterocycles. The highest BCUT2D eigenvalue weighted by Gasteiger charge is 2.20. The van der Waals surface area contributed by atoms with E-state index in [-0.39, 0.29) is 11.7 Å². The number of hydrogen-bond acceptors (Lipinski definition) is 3. The number of carbonyl (C=O) groups excluding carboxylic acids is 1. The molecule has 1 atom stereocenters. The van der Waals surface area contributed by atoms with E-state index in [0.717, 1.165) is 11.1 Å². The Balaban J connectivity index is 1.77. The molecule has 4 nitrogen and oxygen atoms in total. The molecular formula is C22H20ClFN2O2. The summed E-state index contributed by atoms with van der Waals surface area (Å²) < 4.78 is 18.2. The minimum Gasteiger partial charge on any atom is -0.495 e. The summed E-state index contributed by atoms with van der Waals surface area (Å²) in [6, 6.07) is 20.0. The summed E-state index contributed by atoms with van der Waals surface area (Å²) in [5, 5.41) is 6.53. The molecule has 3 rings (SSSR count). The van der Waals surface area contributed by atoms with Crippen LogP contribution < -0.4 is 15.4 Å². The first-order valence-electron chi connectivity index (χ1n) is 8.74. The summed E-state index contributed by atoms with van der Waals surface area (Å²) in [4.78, 5) is 12.9. The summed E-state index contributed by atoms with van der Waals surface area (Å²) in [5.41, 5.74) is 2.27. The van der Waals surface area contributed by atoms with Crippen LogP contribution in [0.1, 0.15) is 17.2 Å². The van der Waals surface area contributed by atoms with Crippen molar-refractivity contribution >= 4 is 23.2 Å². The summed E-state index contributed by atoms with van der Waals surface area (Å²) in [7, 11) is 1.53. The molecule has 0 radical (unpaired) electrons. The molecule has 0 saturated heterocycles. The first-order valence-corrected chi connectivity index (χ1v) is 9.12. The SMILES string of the molecule is COc1ccc(NC(=O)C(NCc2ccc(F)cc2)c2ccccc2)cc1Cl. The summed E-state index contributed by atoms with van der Waals surface area (Å²) >= 11 is 6.14. The average molecular weight is 399 g/mol. The van der Waals surface area contributed by atoms with Gasteiger partial charge in [0.15, 0.2) is 0 Å². The van der Waals surface area contributed by atoms with Crippen molar-refractivity contribution in [3.63, 3.8) is 0 Å². The van der Waals surface area contributed by atoms with Gasteiger partial charge in [0.2, 0.25) is 5.91 Å². The van der Waals surface area contributed by atoms with Gasteiger partial charge < -0.3 is 10.1 Å². The number of methoxy groups -OCH3 is 1. The van der Waals surface area contributed by atoms with E-state index >= 15 is 0 Å². The highest BCUT2D eigenvalue weighted by atomic mass is 35.5. The molecule has 144 valence electrons. The zero-order valence-corrected chi connectivity index (χ0v) is 16.0. The minimum absolute atomic E-state index is 0.227. The van der Waals surface area contributed by atoms with Crippen LogP contribution in [0.5, 0.6) is 5.75 Å². The summed E-state index contributed by atoms with van der Waals surface area (Å²) in [6.45, 7) is 0.413. The molecular weight excluding hydrogens is 379 g/mol. The lowest BCUT2D eigenvalue weighted by molar-refractivity contribution is -0.118. The molecule has 0 aliphatic rings. The zero-order valence-electron chi connectivity index (χ0n) is 15.3. The van der Waals surface area contributed by atoms with Gasteiger partial charge in [-0.1, -0.05) is 54.1 Å². The van der Waals surface area contributed by atoms with Gasteiger partial charge in [-0.3, -0.25) is 10.1 Å². The summed E-state index contributed by atoms with van der Waals surface area (Å²) in [6.07, 6.45) is 0. The molecule has 3 aromatic carbocycles. The highest BCUT2D eigenvalue weighted by Crippen LogP contribution is 2.28. The van der Waals surface area contributed by atoms with Gasteiger partial charge in [-0.2, -0.15) is 0 Å². The number of carbonyl (C=O) groups is 1. The molecule has 0 saturated carbocycles. The van der Waals surface area contributed by atoms with Gasteiger partial charge in [0.25, 0.3) is 0 Å². The highest BCUT2D eigenvalue weighted by molar-refractivity contribution is 6.32. The largest absolute Gasteiger partial charge is 0.495 e. The van der Waals surface area contributed by atoms with Crippen molar-refractivity contribution in [1.29, 1.82) is 0 Å². The second kappa shape index (κ2) is 9.35. The molecule has 0 fully saturated rings. The van der Waals surface area contributed by atoms with Crippen molar-refractivity contribution in [2.24, 2.45) is 0 Å². The van der Waals surface area contributed by atoms with Crippen molar-refractivity contribution in [3.8, 4) is 5.75 Å². The maximum absolute atomic E-state index is 13.1. The number of halogens is 2. The van der Waals surface area contributed by atoms with Crippen LogP contribution in [0.4, 0.5) is 10.1 Å². The van der Waals surface area contributed by atoms with Crippen LogP contribution in [-0.4, -0.2) is 13.0 Å². The Kier molecular flexibility index (Phi) is 6.63. The molecule has 0 bridgehead atoms. The van der Waals surface area contributed by atoms with Crippen molar-refractivity contribution in [2.75, 3.05) is 12.4 Å². The van der Waals surface area contributed by atoms with E-state index in [1.165, 1.54) is 19.2 Å². The number of nitrogens with one attached hydrogen (secondary N) is 2. The number of ether oxygens (including phenoxy) is 1. The Morgan fingerprint density at radius 1 is 1.07 bits per heavy atom. The van der Waals surface area contributed by atoms with Crippen LogP contribution in [-0.2, 0) is 11.3 Å². The van der Waals surface area contributed by atoms with Gasteiger partial charge in [0, 0.05) is 12.2 Å². The van der Waals surface area contributed by atoms with Gasteiger partial charge in [-0.15, -0.1) is 0 Å². The van der Waals surface area contributed by atoms with Gasteiger partial charge in [-0.25, -0.2) is 4.39 Å². The molecule has 0 aliphatic carbocycles. The van der Waals surface area contributed by atoms with E-state index in [1.807, 2.05) is 30.3 Å². The monoisotopic (exact) mass is 398 g/mol. The third-order valence-corrected chi connectivity index (χ3v) is 4.53. The molecule has 0 aliphatic heterocycles. The molecule has 2 N–H and O–H groups in total. The Morgan fingerprint density at radius 3 is 2.43 bits per heavy atom. The lowest BCUT2D eigenvalue weighted by Gasteiger charge is -2.19. The first kappa shape index (κ1) is 19.9. The van der Waals surface area contributed by atoms with Crippen molar-refractivity contribution < 1.29 is 13.9 Å². The Morgan fingerprint density at radius 2 is 1.79 bits per heavy atom. The van der Waals surface area contributed by atoms with E-state index in [4.69, 9.17) is 16.3 Å². The number of anilines is 1. The molecule has 0 spiro atoms. The van der Waals surface area contributed by atoms with E-state index in [0.29, 0.717) is 23.0 Å². The molecule has 6 heteroatoms. The number of amides is 1. The Labute approximate surface area is 168 Å². The van der Waals surface area contributed by atoms with Crippen LogP contribution in [0, 0.1) is 5.82 Å². The fourth-order valence-corrected chi connectivity index (χ4v) is 3.05. The first-order chi connectivity index (χ1) is 13.6. The van der Waals surface area contributed by atoms with Gasteiger partial charge in [0.1, 0.15) is 17.6 Å². The maximum Gasteiger partial charge on any atom is 0.246 e. The third-order valence-electron chi connectivity index (χ3n) is 4.24. The van der Waals surface area contributed by atoms with Gasteiger partial charge >= 0.3 is 0 Å². The third kappa shape index (κ3) is 5.09. The quantitative estimate of drug-likeness (QED) is 0.591. The van der Waals surface area contributed by atoms with Crippen LogP contribution in [0.3, 0.4) is 0 Å². The predicted molar refractivity (Wildman–Crippen MR) is 109 cm³/mol. The fourth-order valence-electron chi connectivity index (χ4n) is 2.79. The maximum atomic E-state index is 13.1. The lowest BCUT2D eigenvalue weighted by Crippen LogP contribution is -2.32. The molecule has 0 heterocycles. The molecule has 28 heavy (non-hydrogen) atoms.